The van der Waals surface area contributed by atoms with Gasteiger partial charge in [0.05, 0.1) is 12.2 Å². The van der Waals surface area contributed by atoms with Gasteiger partial charge in [-0.25, -0.2) is 0 Å². The highest BCUT2D eigenvalue weighted by Crippen LogP contribution is 2.39. The molecular weight excluding hydrogens is 324 g/mol. The van der Waals surface area contributed by atoms with Crippen molar-refractivity contribution in [3.63, 3.8) is 0 Å². The Balaban J connectivity index is 2.11. The maximum atomic E-state index is 12.8. The van der Waals surface area contributed by atoms with E-state index in [0.717, 1.165) is 0 Å². The van der Waals surface area contributed by atoms with Gasteiger partial charge in [0, 0.05) is 31.2 Å². The molecule has 1 aliphatic heterocycles. The molecule has 1 aromatic carbocycles. The van der Waals surface area contributed by atoms with Crippen molar-refractivity contribution in [2.45, 2.75) is 25.9 Å². The van der Waals surface area contributed by atoms with E-state index < -0.39 is 16.9 Å². The summed E-state index contributed by atoms with van der Waals surface area (Å²) in [6.07, 6.45) is 0.442. The molecule has 1 aliphatic rings. The van der Waals surface area contributed by atoms with Crippen molar-refractivity contribution >= 4 is 11.8 Å². The van der Waals surface area contributed by atoms with E-state index in [-0.39, 0.29) is 19.1 Å². The first-order valence-electron chi connectivity index (χ1n) is 8.20. The van der Waals surface area contributed by atoms with Crippen LogP contribution in [-0.4, -0.2) is 60.8 Å². The zero-order valence-electron chi connectivity index (χ0n) is 14.9. The predicted molar refractivity (Wildman–Crippen MR) is 92.3 cm³/mol. The lowest BCUT2D eigenvalue weighted by Crippen LogP contribution is -2.60. The third-order valence-corrected chi connectivity index (χ3v) is 4.77. The number of hydrogen-bond donors (Lipinski definition) is 2. The van der Waals surface area contributed by atoms with E-state index >= 15 is 0 Å². The molecule has 1 atom stereocenters. The molecule has 1 aromatic rings. The molecule has 138 valence electrons. The number of benzene rings is 1. The quantitative estimate of drug-likeness (QED) is 0.790. The smallest absolute Gasteiger partial charge is 0.255 e. The average molecular weight is 350 g/mol. The van der Waals surface area contributed by atoms with Crippen LogP contribution in [0.1, 0.15) is 30.6 Å². The van der Waals surface area contributed by atoms with Crippen LogP contribution >= 0.6 is 0 Å². The van der Waals surface area contributed by atoms with E-state index in [0.29, 0.717) is 30.8 Å². The van der Waals surface area contributed by atoms with Crippen molar-refractivity contribution < 1.29 is 24.2 Å². The number of carbonyl (C=O) groups excluding carboxylic acids is 2. The number of rotatable bonds is 6. The van der Waals surface area contributed by atoms with Crippen LogP contribution in [0, 0.1) is 5.41 Å². The fourth-order valence-corrected chi connectivity index (χ4v) is 3.10. The zero-order valence-corrected chi connectivity index (χ0v) is 14.9. The van der Waals surface area contributed by atoms with Crippen LogP contribution in [0.4, 0.5) is 0 Å². The number of likely N-dealkylation sites (tertiary alicyclic amines) is 1. The first-order valence-corrected chi connectivity index (χ1v) is 8.20. The molecule has 7 nitrogen and oxygen atoms in total. The van der Waals surface area contributed by atoms with E-state index in [4.69, 9.17) is 15.2 Å². The van der Waals surface area contributed by atoms with Crippen LogP contribution in [0.15, 0.2) is 24.3 Å². The van der Waals surface area contributed by atoms with Crippen LogP contribution in [0.2, 0.25) is 0 Å². The summed E-state index contributed by atoms with van der Waals surface area (Å²) in [6, 6.07) is 6.65. The summed E-state index contributed by atoms with van der Waals surface area (Å²) in [7, 11) is 1.56. The third kappa shape index (κ3) is 4.29. The van der Waals surface area contributed by atoms with Gasteiger partial charge in [0.15, 0.2) is 6.61 Å². The molecule has 0 saturated carbocycles. The molecule has 2 rings (SSSR count). The van der Waals surface area contributed by atoms with Gasteiger partial charge in [0.25, 0.3) is 11.8 Å². The van der Waals surface area contributed by atoms with E-state index in [1.807, 2.05) is 13.8 Å². The minimum atomic E-state index is -0.967. The molecule has 25 heavy (non-hydrogen) atoms. The lowest BCUT2D eigenvalue weighted by atomic mass is 9.70. The van der Waals surface area contributed by atoms with E-state index in [9.17, 15) is 14.7 Å². The number of aliphatic hydroxyl groups is 1. The number of primary amides is 1. The van der Waals surface area contributed by atoms with Gasteiger partial charge < -0.3 is 25.2 Å². The van der Waals surface area contributed by atoms with Crippen molar-refractivity contribution in [2.24, 2.45) is 11.1 Å². The van der Waals surface area contributed by atoms with Gasteiger partial charge in [-0.2, -0.15) is 0 Å². The highest BCUT2D eigenvalue weighted by molar-refractivity contribution is 5.94. The summed E-state index contributed by atoms with van der Waals surface area (Å²) in [6.45, 7) is 4.71. The van der Waals surface area contributed by atoms with Crippen LogP contribution in [0.25, 0.3) is 0 Å². The molecule has 7 heteroatoms. The number of hydrogen-bond acceptors (Lipinski definition) is 5. The lowest BCUT2D eigenvalue weighted by molar-refractivity contribution is -0.144. The van der Waals surface area contributed by atoms with Crippen LogP contribution in [0.3, 0.4) is 0 Å². The topological polar surface area (TPSA) is 102 Å². The number of nitrogens with two attached hydrogens (primary N) is 1. The Bertz CT molecular complexity index is 646. The Morgan fingerprint density at radius 3 is 2.68 bits per heavy atom. The molecule has 1 saturated heterocycles. The fourth-order valence-electron chi connectivity index (χ4n) is 3.10. The molecule has 0 bridgehead atoms. The SMILES string of the molecule is COC[C@]1(O)CCN(C(=O)c2cccc(OCC(N)=O)c2)CC1(C)C. The maximum Gasteiger partial charge on any atom is 0.255 e. The van der Waals surface area contributed by atoms with E-state index in [1.165, 1.54) is 0 Å². The van der Waals surface area contributed by atoms with Gasteiger partial charge in [-0.15, -0.1) is 0 Å². The van der Waals surface area contributed by atoms with E-state index in [1.54, 1.807) is 36.3 Å². The molecule has 0 radical (unpaired) electrons. The second-order valence-corrected chi connectivity index (χ2v) is 7.11. The summed E-state index contributed by atoms with van der Waals surface area (Å²) in [5.41, 5.74) is 4.06. The van der Waals surface area contributed by atoms with Crippen LogP contribution < -0.4 is 10.5 Å². The zero-order chi connectivity index (χ0) is 18.7. The first kappa shape index (κ1) is 19.2. The summed E-state index contributed by atoms with van der Waals surface area (Å²) < 4.78 is 10.4. The molecular formula is C18H26N2O5. The molecule has 1 fully saturated rings. The van der Waals surface area contributed by atoms with Crippen LogP contribution in [-0.2, 0) is 9.53 Å². The Kier molecular flexibility index (Phi) is 5.69. The molecule has 0 aromatic heterocycles. The van der Waals surface area contributed by atoms with Gasteiger partial charge in [-0.1, -0.05) is 19.9 Å². The fraction of sp³-hybridized carbons (Fsp3) is 0.556. The molecule has 3 N–H and O–H groups in total. The van der Waals surface area contributed by atoms with Crippen LogP contribution in [0.5, 0.6) is 5.75 Å². The number of methoxy groups -OCH3 is 1. The number of carbonyl (C=O) groups is 2. The summed E-state index contributed by atoms with van der Waals surface area (Å²) in [5, 5.41) is 10.8. The highest BCUT2D eigenvalue weighted by Gasteiger charge is 2.48. The Morgan fingerprint density at radius 1 is 1.36 bits per heavy atom. The normalized spacial score (nSPS) is 22.5. The standard InChI is InChI=1S/C18H26N2O5/c1-17(2)11-20(8-7-18(17,23)12-24-3)16(22)13-5-4-6-14(9-13)25-10-15(19)21/h4-6,9,23H,7-8,10-12H2,1-3H3,(H2,19,21)/t18-/m1/s1. The second-order valence-electron chi connectivity index (χ2n) is 7.11. The monoisotopic (exact) mass is 350 g/mol. The van der Waals surface area contributed by atoms with Crippen molar-refractivity contribution in [1.29, 1.82) is 0 Å². The van der Waals surface area contributed by atoms with Crippen molar-refractivity contribution in [3.8, 4) is 5.75 Å². The molecule has 0 aliphatic carbocycles. The van der Waals surface area contributed by atoms with Crippen molar-refractivity contribution in [3.05, 3.63) is 29.8 Å². The third-order valence-electron chi connectivity index (χ3n) is 4.77. The predicted octanol–water partition coefficient (Wildman–Crippen LogP) is 0.800. The maximum absolute atomic E-state index is 12.8. The highest BCUT2D eigenvalue weighted by atomic mass is 16.5. The Hall–Kier alpha value is -2.12. The largest absolute Gasteiger partial charge is 0.484 e. The van der Waals surface area contributed by atoms with Gasteiger partial charge >= 0.3 is 0 Å². The minimum absolute atomic E-state index is 0.142. The summed E-state index contributed by atoms with van der Waals surface area (Å²) >= 11 is 0. The van der Waals surface area contributed by atoms with Crippen molar-refractivity contribution in [2.75, 3.05) is 33.4 Å². The lowest BCUT2D eigenvalue weighted by Gasteiger charge is -2.49. The summed E-state index contributed by atoms with van der Waals surface area (Å²) in [4.78, 5) is 25.3. The first-order chi connectivity index (χ1) is 11.7. The molecule has 0 spiro atoms. The molecule has 0 unspecified atom stereocenters. The second kappa shape index (κ2) is 7.41. The summed E-state index contributed by atoms with van der Waals surface area (Å²) in [5.74, 6) is -0.305. The minimum Gasteiger partial charge on any atom is -0.484 e. The van der Waals surface area contributed by atoms with Gasteiger partial charge in [0.2, 0.25) is 0 Å². The van der Waals surface area contributed by atoms with Gasteiger partial charge in [0.1, 0.15) is 5.75 Å². The van der Waals surface area contributed by atoms with E-state index in [2.05, 4.69) is 0 Å². The van der Waals surface area contributed by atoms with Crippen molar-refractivity contribution in [1.82, 2.24) is 4.90 Å². The average Bonchev–Trinajstić information content (AvgIpc) is 2.55. The number of nitrogens with zero attached hydrogens (tertiary/aromatic N) is 1. The Labute approximate surface area is 147 Å². The molecule has 2 amide bonds. The number of piperidine rings is 1. The van der Waals surface area contributed by atoms with Gasteiger partial charge in [-0.3, -0.25) is 9.59 Å². The Morgan fingerprint density at radius 2 is 2.08 bits per heavy atom. The number of amides is 2. The number of ether oxygens (including phenoxy) is 2. The van der Waals surface area contributed by atoms with Gasteiger partial charge in [-0.05, 0) is 24.6 Å². The molecule has 1 heterocycles.